The number of amides is 1. The highest BCUT2D eigenvalue weighted by Gasteiger charge is 2.20. The number of nitrogens with one attached hydrogen (secondary N) is 1. The summed E-state index contributed by atoms with van der Waals surface area (Å²) in [6.07, 6.45) is 2.36. The molecule has 3 N–H and O–H groups in total. The van der Waals surface area contributed by atoms with Gasteiger partial charge in [-0.25, -0.2) is 0 Å². The van der Waals surface area contributed by atoms with Gasteiger partial charge in [-0.1, -0.05) is 44.2 Å². The normalized spacial score (nSPS) is 10.9. The molecule has 120 valence electrons. The van der Waals surface area contributed by atoms with E-state index in [1.54, 1.807) is 6.07 Å². The van der Waals surface area contributed by atoms with Gasteiger partial charge in [-0.2, -0.15) is 0 Å². The zero-order valence-corrected chi connectivity index (χ0v) is 13.8. The van der Waals surface area contributed by atoms with E-state index in [1.807, 2.05) is 18.2 Å². The van der Waals surface area contributed by atoms with Crippen molar-refractivity contribution in [1.29, 1.82) is 0 Å². The van der Waals surface area contributed by atoms with Crippen LogP contribution in [0.5, 0.6) is 0 Å². The fourth-order valence-corrected chi connectivity index (χ4v) is 2.24. The monoisotopic (exact) mass is 322 g/mol. The van der Waals surface area contributed by atoms with Crippen molar-refractivity contribution in [3.05, 3.63) is 59.5 Å². The van der Waals surface area contributed by atoms with Crippen molar-refractivity contribution in [2.24, 2.45) is 11.1 Å². The predicted molar refractivity (Wildman–Crippen MR) is 90.1 cm³/mol. The maximum absolute atomic E-state index is 12.1. The first-order chi connectivity index (χ1) is 10.00. The van der Waals surface area contributed by atoms with Crippen LogP contribution in [0.4, 0.5) is 0 Å². The van der Waals surface area contributed by atoms with Crippen LogP contribution in [0.2, 0.25) is 0 Å². The maximum Gasteiger partial charge on any atom is 0.254 e. The molecule has 0 saturated carbocycles. The van der Waals surface area contributed by atoms with Crippen molar-refractivity contribution in [2.75, 3.05) is 6.54 Å². The summed E-state index contributed by atoms with van der Waals surface area (Å²) in [5, 5.41) is 2.96. The number of hydrogen-bond donors (Lipinski definition) is 2. The van der Waals surface area contributed by atoms with Crippen molar-refractivity contribution in [2.45, 2.75) is 26.8 Å². The first-order valence-electron chi connectivity index (χ1n) is 7.10. The van der Waals surface area contributed by atoms with Crippen molar-refractivity contribution in [3.63, 3.8) is 0 Å². The molecule has 0 radical (unpaired) electrons. The minimum atomic E-state index is -0.125. The summed E-state index contributed by atoms with van der Waals surface area (Å²) in [6, 6.07) is 12.0. The summed E-state index contributed by atoms with van der Waals surface area (Å²) in [5.41, 5.74) is 7.24. The Morgan fingerprint density at radius 2 is 1.95 bits per heavy atom. The van der Waals surface area contributed by atoms with E-state index < -0.39 is 0 Å². The first kappa shape index (κ1) is 18.3. The van der Waals surface area contributed by atoms with Crippen LogP contribution in [0.15, 0.2) is 47.1 Å². The third kappa shape index (κ3) is 5.20. The Balaban J connectivity index is 0.00000242. The molecule has 4 nitrogen and oxygen atoms in total. The standard InChI is InChI=1S/C17H22N2O2.ClH/c1-17(2,9-13-6-4-3-5-7-13)12-19-16(20)14-8-15(10-18)21-11-14;/h3-8,11H,9-10,12,18H2,1-2H3,(H,19,20);1H. The molecule has 1 aromatic carbocycles. The Labute approximate surface area is 137 Å². The summed E-state index contributed by atoms with van der Waals surface area (Å²) >= 11 is 0. The number of nitrogens with two attached hydrogens (primary N) is 1. The predicted octanol–water partition coefficient (Wildman–Crippen LogP) is 3.16. The van der Waals surface area contributed by atoms with Crippen molar-refractivity contribution in [3.8, 4) is 0 Å². The average Bonchev–Trinajstić information content (AvgIpc) is 2.94. The molecule has 2 aromatic rings. The number of furan rings is 1. The zero-order chi connectivity index (χ0) is 15.3. The molecule has 2 rings (SSSR count). The van der Waals surface area contributed by atoms with Gasteiger partial charge in [0.25, 0.3) is 5.91 Å². The molecule has 1 aromatic heterocycles. The molecule has 0 aliphatic rings. The third-order valence-corrected chi connectivity index (χ3v) is 3.37. The number of rotatable bonds is 6. The van der Waals surface area contributed by atoms with Crippen molar-refractivity contribution < 1.29 is 9.21 Å². The summed E-state index contributed by atoms with van der Waals surface area (Å²) < 4.78 is 5.18. The smallest absolute Gasteiger partial charge is 0.254 e. The minimum absolute atomic E-state index is 0. The molecule has 5 heteroatoms. The molecule has 0 aliphatic carbocycles. The van der Waals surface area contributed by atoms with Gasteiger partial charge >= 0.3 is 0 Å². The quantitative estimate of drug-likeness (QED) is 0.858. The van der Waals surface area contributed by atoms with E-state index in [9.17, 15) is 4.79 Å². The van der Waals surface area contributed by atoms with E-state index in [2.05, 4.69) is 31.3 Å². The Morgan fingerprint density at radius 3 is 2.55 bits per heavy atom. The summed E-state index contributed by atoms with van der Waals surface area (Å²) in [5.74, 6) is 0.489. The first-order valence-corrected chi connectivity index (χ1v) is 7.10. The Hall–Kier alpha value is -1.78. The van der Waals surface area contributed by atoms with Crippen LogP contribution in [0, 0.1) is 5.41 Å². The summed E-state index contributed by atoms with van der Waals surface area (Å²) in [6.45, 7) is 5.18. The van der Waals surface area contributed by atoms with Gasteiger partial charge in [-0.05, 0) is 23.5 Å². The Bertz CT molecular complexity index is 594. The number of carbonyl (C=O) groups is 1. The van der Waals surface area contributed by atoms with Gasteiger partial charge < -0.3 is 15.5 Å². The van der Waals surface area contributed by atoms with E-state index in [-0.39, 0.29) is 23.7 Å². The van der Waals surface area contributed by atoms with E-state index in [4.69, 9.17) is 10.2 Å². The highest BCUT2D eigenvalue weighted by atomic mass is 35.5. The van der Waals surface area contributed by atoms with Crippen LogP contribution in [-0.4, -0.2) is 12.5 Å². The second-order valence-corrected chi connectivity index (χ2v) is 6.02. The molecule has 22 heavy (non-hydrogen) atoms. The van der Waals surface area contributed by atoms with Gasteiger partial charge in [-0.15, -0.1) is 12.4 Å². The van der Waals surface area contributed by atoms with Crippen LogP contribution in [0.3, 0.4) is 0 Å². The molecule has 0 spiro atoms. The second kappa shape index (κ2) is 8.01. The molecule has 0 bridgehead atoms. The maximum atomic E-state index is 12.1. The van der Waals surface area contributed by atoms with Gasteiger partial charge in [0.05, 0.1) is 12.1 Å². The van der Waals surface area contributed by atoms with Gasteiger partial charge in [0, 0.05) is 6.54 Å². The van der Waals surface area contributed by atoms with Crippen LogP contribution < -0.4 is 11.1 Å². The molecular formula is C17H23ClN2O2. The highest BCUT2D eigenvalue weighted by Crippen LogP contribution is 2.21. The minimum Gasteiger partial charge on any atom is -0.467 e. The molecule has 0 saturated heterocycles. The lowest BCUT2D eigenvalue weighted by Crippen LogP contribution is -2.35. The van der Waals surface area contributed by atoms with E-state index >= 15 is 0 Å². The molecule has 0 atom stereocenters. The largest absolute Gasteiger partial charge is 0.467 e. The van der Waals surface area contributed by atoms with Crippen LogP contribution >= 0.6 is 12.4 Å². The van der Waals surface area contributed by atoms with Crippen LogP contribution in [0.25, 0.3) is 0 Å². The van der Waals surface area contributed by atoms with Gasteiger partial charge in [0.1, 0.15) is 12.0 Å². The fraction of sp³-hybridized carbons (Fsp3) is 0.353. The SMILES string of the molecule is CC(C)(CNC(=O)c1coc(CN)c1)Cc1ccccc1.Cl. The number of benzene rings is 1. The van der Waals surface area contributed by atoms with Gasteiger partial charge in [-0.3, -0.25) is 4.79 Å². The topological polar surface area (TPSA) is 68.3 Å². The van der Waals surface area contributed by atoms with Gasteiger partial charge in [0.15, 0.2) is 0 Å². The van der Waals surface area contributed by atoms with Crippen molar-refractivity contribution in [1.82, 2.24) is 5.32 Å². The molecule has 0 fully saturated rings. The van der Waals surface area contributed by atoms with Crippen LogP contribution in [0.1, 0.15) is 35.5 Å². The van der Waals surface area contributed by atoms with E-state index in [1.165, 1.54) is 11.8 Å². The molecule has 0 unspecified atom stereocenters. The number of hydrogen-bond acceptors (Lipinski definition) is 3. The molecule has 1 heterocycles. The zero-order valence-electron chi connectivity index (χ0n) is 13.0. The lowest BCUT2D eigenvalue weighted by Gasteiger charge is -2.25. The third-order valence-electron chi connectivity index (χ3n) is 3.37. The Kier molecular flexibility index (Phi) is 6.65. The second-order valence-electron chi connectivity index (χ2n) is 6.02. The molecule has 1 amide bonds. The molecule has 0 aliphatic heterocycles. The summed E-state index contributed by atoms with van der Waals surface area (Å²) in [7, 11) is 0. The van der Waals surface area contributed by atoms with E-state index in [0.717, 1.165) is 6.42 Å². The lowest BCUT2D eigenvalue weighted by molar-refractivity contribution is 0.0935. The van der Waals surface area contributed by atoms with E-state index in [0.29, 0.717) is 24.4 Å². The Morgan fingerprint density at radius 1 is 1.27 bits per heavy atom. The lowest BCUT2D eigenvalue weighted by atomic mass is 9.85. The summed E-state index contributed by atoms with van der Waals surface area (Å²) in [4.78, 5) is 12.1. The average molecular weight is 323 g/mol. The van der Waals surface area contributed by atoms with Gasteiger partial charge in [0.2, 0.25) is 0 Å². The van der Waals surface area contributed by atoms with Crippen LogP contribution in [-0.2, 0) is 13.0 Å². The molecular weight excluding hydrogens is 300 g/mol. The number of carbonyl (C=O) groups excluding carboxylic acids is 1. The van der Waals surface area contributed by atoms with Crippen molar-refractivity contribution >= 4 is 18.3 Å². The highest BCUT2D eigenvalue weighted by molar-refractivity contribution is 5.93. The number of halogens is 1. The fourth-order valence-electron chi connectivity index (χ4n) is 2.24.